The minimum Gasteiger partial charge on any atom is -0.360 e. The zero-order valence-electron chi connectivity index (χ0n) is 13.9. The number of anilines is 1. The first kappa shape index (κ1) is 16.3. The molecule has 0 radical (unpaired) electrons. The first-order valence-electron chi connectivity index (χ1n) is 7.89. The predicted octanol–water partition coefficient (Wildman–Crippen LogP) is 4.80. The van der Waals surface area contributed by atoms with Gasteiger partial charge in [0.1, 0.15) is 0 Å². The number of rotatable bonds is 2. The van der Waals surface area contributed by atoms with Crippen LogP contribution in [0.25, 0.3) is 0 Å². The highest BCUT2D eigenvalue weighted by Gasteiger charge is 2.32. The second kappa shape index (κ2) is 6.35. The minimum absolute atomic E-state index is 0.408. The highest BCUT2D eigenvalue weighted by molar-refractivity contribution is 7.80. The molecule has 2 atom stereocenters. The molecule has 2 N–H and O–H groups in total. The number of hydrogen-bond donors (Lipinski definition) is 2. The van der Waals surface area contributed by atoms with Crippen LogP contribution in [-0.4, -0.2) is 11.2 Å². The van der Waals surface area contributed by atoms with Crippen LogP contribution in [0.1, 0.15) is 51.2 Å². The summed E-state index contributed by atoms with van der Waals surface area (Å²) < 4.78 is 0. The van der Waals surface area contributed by atoms with E-state index in [0.717, 1.165) is 16.7 Å². The van der Waals surface area contributed by atoms with Crippen LogP contribution in [0.5, 0.6) is 0 Å². The van der Waals surface area contributed by atoms with Gasteiger partial charge in [0.25, 0.3) is 0 Å². The van der Waals surface area contributed by atoms with Gasteiger partial charge in [-0.1, -0.05) is 26.8 Å². The highest BCUT2D eigenvalue weighted by atomic mass is 32.1. The summed E-state index contributed by atoms with van der Waals surface area (Å²) in [6.07, 6.45) is 3.70. The fourth-order valence-corrected chi connectivity index (χ4v) is 4.14. The van der Waals surface area contributed by atoms with Gasteiger partial charge in [0.15, 0.2) is 5.11 Å². The molecule has 2 nitrogen and oxygen atoms in total. The van der Waals surface area contributed by atoms with Crippen LogP contribution >= 0.6 is 12.2 Å². The summed E-state index contributed by atoms with van der Waals surface area (Å²) in [5.41, 5.74) is 4.00. The van der Waals surface area contributed by atoms with Crippen molar-refractivity contribution in [3.63, 3.8) is 0 Å². The average Bonchev–Trinajstić information content (AvgIpc) is 2.22. The molecular weight excluding hydrogens is 276 g/mol. The first-order valence-corrected chi connectivity index (χ1v) is 8.30. The second-order valence-corrected chi connectivity index (χ2v) is 7.99. The molecule has 1 saturated carbocycles. The van der Waals surface area contributed by atoms with Gasteiger partial charge >= 0.3 is 0 Å². The van der Waals surface area contributed by atoms with Crippen LogP contribution in [-0.2, 0) is 0 Å². The molecule has 1 aromatic rings. The van der Waals surface area contributed by atoms with Crippen LogP contribution in [0.4, 0.5) is 5.69 Å². The Bertz CT molecular complexity index is 502. The SMILES string of the molecule is Cc1cc(C)cc(NC(=S)NC2CC(C)CC(C)(C)C2)c1. The molecule has 0 saturated heterocycles. The molecule has 1 aliphatic carbocycles. The zero-order chi connectivity index (χ0) is 15.6. The lowest BCUT2D eigenvalue weighted by Gasteiger charge is -2.39. The van der Waals surface area contributed by atoms with E-state index in [0.29, 0.717) is 11.5 Å². The highest BCUT2D eigenvalue weighted by Crippen LogP contribution is 2.38. The summed E-state index contributed by atoms with van der Waals surface area (Å²) in [5, 5.41) is 7.59. The van der Waals surface area contributed by atoms with Crippen LogP contribution in [0.3, 0.4) is 0 Å². The molecule has 0 bridgehead atoms. The van der Waals surface area contributed by atoms with Gasteiger partial charge in [0.05, 0.1) is 0 Å². The normalized spacial score (nSPS) is 24.4. The maximum Gasteiger partial charge on any atom is 0.170 e. The molecule has 0 amide bonds. The van der Waals surface area contributed by atoms with Crippen LogP contribution in [0.15, 0.2) is 18.2 Å². The van der Waals surface area contributed by atoms with Crippen molar-refractivity contribution in [1.82, 2.24) is 5.32 Å². The van der Waals surface area contributed by atoms with Gasteiger partial charge in [-0.25, -0.2) is 0 Å². The van der Waals surface area contributed by atoms with Crippen LogP contribution in [0.2, 0.25) is 0 Å². The fraction of sp³-hybridized carbons (Fsp3) is 0.611. The monoisotopic (exact) mass is 304 g/mol. The van der Waals surface area contributed by atoms with E-state index < -0.39 is 0 Å². The van der Waals surface area contributed by atoms with E-state index >= 15 is 0 Å². The molecule has 1 aromatic carbocycles. The Morgan fingerprint density at radius 2 is 1.76 bits per heavy atom. The van der Waals surface area contributed by atoms with Crippen molar-refractivity contribution in [2.45, 2.75) is 59.9 Å². The average molecular weight is 305 g/mol. The number of nitrogens with one attached hydrogen (secondary N) is 2. The molecular formula is C18H28N2S. The predicted molar refractivity (Wildman–Crippen MR) is 95.9 cm³/mol. The van der Waals surface area contributed by atoms with Crippen LogP contribution < -0.4 is 10.6 Å². The Hall–Kier alpha value is -1.09. The topological polar surface area (TPSA) is 24.1 Å². The van der Waals surface area contributed by atoms with E-state index in [1.807, 2.05) is 0 Å². The van der Waals surface area contributed by atoms with E-state index in [1.54, 1.807) is 0 Å². The quantitative estimate of drug-likeness (QED) is 0.767. The maximum absolute atomic E-state index is 5.49. The summed E-state index contributed by atoms with van der Waals surface area (Å²) in [5.74, 6) is 0.760. The Kier molecular flexibility index (Phi) is 4.92. The second-order valence-electron chi connectivity index (χ2n) is 7.59. The van der Waals surface area contributed by atoms with E-state index in [2.05, 4.69) is 63.5 Å². The maximum atomic E-state index is 5.49. The minimum atomic E-state index is 0.408. The van der Waals surface area contributed by atoms with E-state index in [1.165, 1.54) is 30.4 Å². The number of thiocarbonyl (C=S) groups is 1. The molecule has 0 heterocycles. The molecule has 1 fully saturated rings. The molecule has 1 aliphatic rings. The molecule has 2 rings (SSSR count). The van der Waals surface area contributed by atoms with Gasteiger partial charge in [0.2, 0.25) is 0 Å². The van der Waals surface area contributed by atoms with E-state index in [9.17, 15) is 0 Å². The van der Waals surface area contributed by atoms with Crippen molar-refractivity contribution in [2.75, 3.05) is 5.32 Å². The molecule has 0 aromatic heterocycles. The lowest BCUT2D eigenvalue weighted by atomic mass is 9.71. The van der Waals surface area contributed by atoms with Crippen molar-refractivity contribution in [3.8, 4) is 0 Å². The Balaban J connectivity index is 1.95. The third-order valence-corrected chi connectivity index (χ3v) is 4.42. The summed E-state index contributed by atoms with van der Waals surface area (Å²) in [4.78, 5) is 0. The standard InChI is InChI=1S/C18H28N2S/c1-12-6-13(2)8-15(7-12)19-17(21)20-16-9-14(3)10-18(4,5)11-16/h6-8,14,16H,9-11H2,1-5H3,(H2,19,20,21). The fourth-order valence-electron chi connectivity index (χ4n) is 3.86. The third kappa shape index (κ3) is 4.99. The molecule has 0 spiro atoms. The summed E-state index contributed by atoms with van der Waals surface area (Å²) in [6, 6.07) is 6.92. The van der Waals surface area contributed by atoms with Gasteiger partial charge in [0, 0.05) is 11.7 Å². The number of benzene rings is 1. The smallest absolute Gasteiger partial charge is 0.170 e. The van der Waals surface area contributed by atoms with Crippen molar-refractivity contribution in [1.29, 1.82) is 0 Å². The Labute approximate surface area is 134 Å². The largest absolute Gasteiger partial charge is 0.360 e. The molecule has 21 heavy (non-hydrogen) atoms. The van der Waals surface area contributed by atoms with E-state index in [4.69, 9.17) is 12.2 Å². The van der Waals surface area contributed by atoms with Gasteiger partial charge in [-0.05, 0) is 79.9 Å². The van der Waals surface area contributed by atoms with Gasteiger partial charge in [-0.15, -0.1) is 0 Å². The van der Waals surface area contributed by atoms with Gasteiger partial charge in [-0.2, -0.15) is 0 Å². The molecule has 3 heteroatoms. The lowest BCUT2D eigenvalue weighted by molar-refractivity contribution is 0.162. The number of aryl methyl sites for hydroxylation is 2. The summed E-state index contributed by atoms with van der Waals surface area (Å²) >= 11 is 5.49. The zero-order valence-corrected chi connectivity index (χ0v) is 14.7. The summed E-state index contributed by atoms with van der Waals surface area (Å²) in [6.45, 7) is 11.3. The van der Waals surface area contributed by atoms with Crippen molar-refractivity contribution in [2.24, 2.45) is 11.3 Å². The lowest BCUT2D eigenvalue weighted by Crippen LogP contribution is -2.44. The Morgan fingerprint density at radius 3 is 2.33 bits per heavy atom. The van der Waals surface area contributed by atoms with Gasteiger partial charge < -0.3 is 10.6 Å². The Morgan fingerprint density at radius 1 is 1.14 bits per heavy atom. The molecule has 116 valence electrons. The van der Waals surface area contributed by atoms with E-state index in [-0.39, 0.29) is 0 Å². The molecule has 2 unspecified atom stereocenters. The number of hydrogen-bond acceptors (Lipinski definition) is 1. The first-order chi connectivity index (χ1) is 9.73. The third-order valence-electron chi connectivity index (χ3n) is 4.20. The van der Waals surface area contributed by atoms with Crippen LogP contribution in [0, 0.1) is 25.2 Å². The van der Waals surface area contributed by atoms with Gasteiger partial charge in [-0.3, -0.25) is 0 Å². The van der Waals surface area contributed by atoms with Crippen molar-refractivity contribution >= 4 is 23.0 Å². The summed E-state index contributed by atoms with van der Waals surface area (Å²) in [7, 11) is 0. The van der Waals surface area contributed by atoms with Crippen molar-refractivity contribution < 1.29 is 0 Å². The van der Waals surface area contributed by atoms with Crippen molar-refractivity contribution in [3.05, 3.63) is 29.3 Å². The molecule has 0 aliphatic heterocycles.